The van der Waals surface area contributed by atoms with Crippen LogP contribution in [0.15, 0.2) is 66.7 Å². The van der Waals surface area contributed by atoms with Gasteiger partial charge < -0.3 is 9.72 Å². The Morgan fingerprint density at radius 1 is 0.885 bits per heavy atom. The van der Waals surface area contributed by atoms with E-state index in [-0.39, 0.29) is 6.10 Å². The lowest BCUT2D eigenvalue weighted by molar-refractivity contribution is 0.106. The maximum absolute atomic E-state index is 5.81. The fraction of sp³-hybridized carbons (Fsp3) is 0.182. The molecule has 1 N–H and O–H groups in total. The number of fused-ring (bicyclic) bond motifs is 1. The van der Waals surface area contributed by atoms with E-state index in [1.165, 1.54) is 0 Å². The molecule has 2 aromatic carbocycles. The minimum Gasteiger partial charge on any atom is -0.370 e. The van der Waals surface area contributed by atoms with Crippen molar-refractivity contribution in [1.29, 1.82) is 0 Å². The van der Waals surface area contributed by atoms with Crippen LogP contribution in [0.1, 0.15) is 24.8 Å². The number of benzene rings is 2. The lowest BCUT2D eigenvalue weighted by Gasteiger charge is -2.07. The van der Waals surface area contributed by atoms with Gasteiger partial charge in [0.15, 0.2) is 5.65 Å². The molecule has 1 fully saturated rings. The average molecular weight is 341 g/mol. The second-order valence-corrected chi connectivity index (χ2v) is 6.61. The summed E-state index contributed by atoms with van der Waals surface area (Å²) in [4.78, 5) is 13.1. The lowest BCUT2D eigenvalue weighted by atomic mass is 10.0. The summed E-state index contributed by atoms with van der Waals surface area (Å²) in [6.45, 7) is 0.802. The van der Waals surface area contributed by atoms with Crippen LogP contribution in [-0.4, -0.2) is 21.6 Å². The molecule has 5 rings (SSSR count). The molecule has 3 heterocycles. The molecule has 0 saturated carbocycles. The van der Waals surface area contributed by atoms with Gasteiger partial charge in [-0.1, -0.05) is 60.7 Å². The topological polar surface area (TPSA) is 50.8 Å². The molecule has 2 aromatic heterocycles. The van der Waals surface area contributed by atoms with Crippen molar-refractivity contribution in [3.05, 3.63) is 72.6 Å². The molecule has 0 bridgehead atoms. The molecular formula is C22H19N3O. The van der Waals surface area contributed by atoms with Crippen LogP contribution >= 0.6 is 0 Å². The molecule has 1 aliphatic heterocycles. The Bertz CT molecular complexity index is 1040. The second kappa shape index (κ2) is 6.39. The SMILES string of the molecule is c1ccc(-c2cc(-c3ccccc3)c3[nH]c(C4CCCO4)nc3n2)cc1. The number of aromatic nitrogens is 3. The summed E-state index contributed by atoms with van der Waals surface area (Å²) in [5.41, 5.74) is 6.01. The molecule has 0 amide bonds. The monoisotopic (exact) mass is 341 g/mol. The zero-order valence-electron chi connectivity index (χ0n) is 14.4. The Balaban J connectivity index is 1.73. The van der Waals surface area contributed by atoms with Crippen LogP contribution < -0.4 is 0 Å². The van der Waals surface area contributed by atoms with Gasteiger partial charge in [-0.2, -0.15) is 0 Å². The fourth-order valence-corrected chi connectivity index (χ4v) is 3.55. The van der Waals surface area contributed by atoms with E-state index in [1.54, 1.807) is 0 Å². The first-order valence-corrected chi connectivity index (χ1v) is 9.01. The summed E-state index contributed by atoms with van der Waals surface area (Å²) >= 11 is 0. The Hall–Kier alpha value is -2.98. The summed E-state index contributed by atoms with van der Waals surface area (Å²) in [6, 6.07) is 22.8. The Labute approximate surface area is 151 Å². The van der Waals surface area contributed by atoms with E-state index in [0.29, 0.717) is 0 Å². The van der Waals surface area contributed by atoms with Crippen LogP contribution in [-0.2, 0) is 4.74 Å². The molecule has 1 saturated heterocycles. The number of H-pyrrole nitrogens is 1. The summed E-state index contributed by atoms with van der Waals surface area (Å²) in [7, 11) is 0. The lowest BCUT2D eigenvalue weighted by Crippen LogP contribution is -1.97. The normalized spacial score (nSPS) is 17.0. The van der Waals surface area contributed by atoms with Crippen LogP contribution in [0.5, 0.6) is 0 Å². The molecule has 128 valence electrons. The Morgan fingerprint density at radius 3 is 2.31 bits per heavy atom. The van der Waals surface area contributed by atoms with Gasteiger partial charge in [-0.15, -0.1) is 0 Å². The summed E-state index contributed by atoms with van der Waals surface area (Å²) in [5, 5.41) is 0. The minimum absolute atomic E-state index is 0.0491. The highest BCUT2D eigenvalue weighted by Gasteiger charge is 2.23. The van der Waals surface area contributed by atoms with E-state index in [1.807, 2.05) is 24.3 Å². The number of nitrogens with zero attached hydrogens (tertiary/aromatic N) is 2. The summed E-state index contributed by atoms with van der Waals surface area (Å²) < 4.78 is 5.81. The molecule has 4 heteroatoms. The molecule has 1 aliphatic rings. The third-order valence-electron chi connectivity index (χ3n) is 4.87. The highest BCUT2D eigenvalue weighted by atomic mass is 16.5. The minimum atomic E-state index is 0.0491. The number of hydrogen-bond donors (Lipinski definition) is 1. The first kappa shape index (κ1) is 15.3. The van der Waals surface area contributed by atoms with Crippen molar-refractivity contribution in [1.82, 2.24) is 15.0 Å². The van der Waals surface area contributed by atoms with Crippen LogP contribution in [0.25, 0.3) is 33.5 Å². The van der Waals surface area contributed by atoms with Gasteiger partial charge in [0, 0.05) is 17.7 Å². The largest absolute Gasteiger partial charge is 0.370 e. The molecule has 4 nitrogen and oxygen atoms in total. The second-order valence-electron chi connectivity index (χ2n) is 6.61. The van der Waals surface area contributed by atoms with E-state index in [0.717, 1.165) is 58.8 Å². The van der Waals surface area contributed by atoms with Crippen molar-refractivity contribution < 1.29 is 4.74 Å². The smallest absolute Gasteiger partial charge is 0.179 e. The highest BCUT2D eigenvalue weighted by Crippen LogP contribution is 2.34. The van der Waals surface area contributed by atoms with E-state index in [2.05, 4.69) is 47.4 Å². The van der Waals surface area contributed by atoms with Gasteiger partial charge in [-0.05, 0) is 24.5 Å². The van der Waals surface area contributed by atoms with Gasteiger partial charge >= 0.3 is 0 Å². The number of pyridine rings is 1. The van der Waals surface area contributed by atoms with Crippen molar-refractivity contribution >= 4 is 11.2 Å². The summed E-state index contributed by atoms with van der Waals surface area (Å²) in [6.07, 6.45) is 2.13. The number of rotatable bonds is 3. The van der Waals surface area contributed by atoms with Gasteiger partial charge in [-0.25, -0.2) is 9.97 Å². The van der Waals surface area contributed by atoms with Gasteiger partial charge in [0.25, 0.3) is 0 Å². The number of aromatic amines is 1. The molecule has 1 atom stereocenters. The van der Waals surface area contributed by atoms with Gasteiger partial charge in [0.05, 0.1) is 11.2 Å². The Kier molecular flexibility index (Phi) is 3.76. The van der Waals surface area contributed by atoms with Crippen LogP contribution in [0.4, 0.5) is 0 Å². The maximum Gasteiger partial charge on any atom is 0.179 e. The number of nitrogens with one attached hydrogen (secondary N) is 1. The first-order valence-electron chi connectivity index (χ1n) is 9.01. The molecule has 0 spiro atoms. The maximum atomic E-state index is 5.81. The quantitative estimate of drug-likeness (QED) is 0.561. The first-order chi connectivity index (χ1) is 12.9. The Morgan fingerprint density at radius 2 is 1.62 bits per heavy atom. The highest BCUT2D eigenvalue weighted by molar-refractivity contribution is 5.92. The predicted molar refractivity (Wildman–Crippen MR) is 103 cm³/mol. The van der Waals surface area contributed by atoms with Crippen LogP contribution in [0, 0.1) is 0 Å². The number of hydrogen-bond acceptors (Lipinski definition) is 3. The van der Waals surface area contributed by atoms with Gasteiger partial charge in [-0.3, -0.25) is 0 Å². The zero-order valence-corrected chi connectivity index (χ0v) is 14.4. The van der Waals surface area contributed by atoms with Crippen molar-refractivity contribution in [2.24, 2.45) is 0 Å². The standard InChI is InChI=1S/C22H19N3O/c1-3-8-15(9-4-1)17-14-18(16-10-5-2-6-11-16)23-22-20(17)24-21(25-22)19-12-7-13-26-19/h1-6,8-11,14,19H,7,12-13H2,(H,23,24,25). The van der Waals surface area contributed by atoms with Crippen LogP contribution in [0.2, 0.25) is 0 Å². The van der Waals surface area contributed by atoms with E-state index in [9.17, 15) is 0 Å². The molecular weight excluding hydrogens is 322 g/mol. The zero-order chi connectivity index (χ0) is 17.3. The van der Waals surface area contributed by atoms with Gasteiger partial charge in [0.1, 0.15) is 11.9 Å². The number of ether oxygens (including phenoxy) is 1. The molecule has 1 unspecified atom stereocenters. The van der Waals surface area contributed by atoms with E-state index < -0.39 is 0 Å². The van der Waals surface area contributed by atoms with Crippen molar-refractivity contribution in [3.8, 4) is 22.4 Å². The average Bonchev–Trinajstić information content (AvgIpc) is 3.38. The molecule has 0 radical (unpaired) electrons. The summed E-state index contributed by atoms with van der Waals surface area (Å²) in [5.74, 6) is 0.882. The third kappa shape index (κ3) is 2.68. The van der Waals surface area contributed by atoms with Crippen LogP contribution in [0.3, 0.4) is 0 Å². The molecule has 26 heavy (non-hydrogen) atoms. The van der Waals surface area contributed by atoms with Crippen molar-refractivity contribution in [2.45, 2.75) is 18.9 Å². The fourth-order valence-electron chi connectivity index (χ4n) is 3.55. The third-order valence-corrected chi connectivity index (χ3v) is 4.87. The van der Waals surface area contributed by atoms with E-state index >= 15 is 0 Å². The van der Waals surface area contributed by atoms with Crippen molar-refractivity contribution in [3.63, 3.8) is 0 Å². The van der Waals surface area contributed by atoms with E-state index in [4.69, 9.17) is 14.7 Å². The predicted octanol–water partition coefficient (Wildman–Crippen LogP) is 5.14. The van der Waals surface area contributed by atoms with Crippen molar-refractivity contribution in [2.75, 3.05) is 6.61 Å². The number of imidazole rings is 1. The van der Waals surface area contributed by atoms with Gasteiger partial charge in [0.2, 0.25) is 0 Å². The molecule has 4 aromatic rings. The molecule has 0 aliphatic carbocycles.